The van der Waals surface area contributed by atoms with Crippen LogP contribution in [0.1, 0.15) is 0 Å². The highest BCUT2D eigenvalue weighted by atomic mass is 79.9. The largest absolute Gasteiger partial charge is 0.240 e. The molecule has 0 amide bonds. The Morgan fingerprint density at radius 2 is 1.46 bits per heavy atom. The Morgan fingerprint density at radius 3 is 2.04 bits per heavy atom. The summed E-state index contributed by atoms with van der Waals surface area (Å²) in [6.45, 7) is 0. The number of hydrogen-bond acceptors (Lipinski definition) is 3. The molecule has 6 heteroatoms. The van der Waals surface area contributed by atoms with Crippen molar-refractivity contribution in [2.45, 2.75) is 4.90 Å². The predicted molar refractivity (Wildman–Crippen MR) is 95.9 cm³/mol. The summed E-state index contributed by atoms with van der Waals surface area (Å²) in [7, 11) is -3.24. The van der Waals surface area contributed by atoms with E-state index in [2.05, 4.69) is 20.9 Å². The molecule has 0 saturated carbocycles. The number of nitrogens with zero attached hydrogens (tertiary/aromatic N) is 1. The lowest BCUT2D eigenvalue weighted by molar-refractivity contribution is 0.602. The van der Waals surface area contributed by atoms with Gasteiger partial charge in [0, 0.05) is 17.4 Å². The van der Waals surface area contributed by atoms with Crippen molar-refractivity contribution in [1.82, 2.24) is 4.98 Å². The standard InChI is InChI=1S/C18H13BrFNO2S/c1-24(22,23)15-8-4-12(5-9-15)16-10-11-17(19)21-18(16)13-2-6-14(20)7-3-13/h2-11H,1H3. The first kappa shape index (κ1) is 16.8. The Labute approximate surface area is 148 Å². The first-order valence-corrected chi connectivity index (χ1v) is 9.76. The van der Waals surface area contributed by atoms with E-state index in [1.165, 1.54) is 18.4 Å². The van der Waals surface area contributed by atoms with E-state index in [9.17, 15) is 12.8 Å². The number of benzene rings is 2. The Hall–Kier alpha value is -2.05. The molecule has 3 nitrogen and oxygen atoms in total. The smallest absolute Gasteiger partial charge is 0.175 e. The molecule has 0 atom stereocenters. The van der Waals surface area contributed by atoms with Crippen molar-refractivity contribution in [1.29, 1.82) is 0 Å². The van der Waals surface area contributed by atoms with Gasteiger partial charge >= 0.3 is 0 Å². The highest BCUT2D eigenvalue weighted by molar-refractivity contribution is 9.10. The Balaban J connectivity index is 2.13. The van der Waals surface area contributed by atoms with Gasteiger partial charge in [-0.15, -0.1) is 0 Å². The van der Waals surface area contributed by atoms with Crippen molar-refractivity contribution in [2.24, 2.45) is 0 Å². The number of rotatable bonds is 3. The van der Waals surface area contributed by atoms with Gasteiger partial charge in [0.1, 0.15) is 10.4 Å². The third-order valence-electron chi connectivity index (χ3n) is 3.57. The highest BCUT2D eigenvalue weighted by Crippen LogP contribution is 2.32. The van der Waals surface area contributed by atoms with Crippen molar-refractivity contribution in [2.75, 3.05) is 6.26 Å². The molecule has 0 aliphatic heterocycles. The maximum Gasteiger partial charge on any atom is 0.175 e. The minimum atomic E-state index is -3.24. The molecule has 0 unspecified atom stereocenters. The van der Waals surface area contributed by atoms with Crippen molar-refractivity contribution in [3.8, 4) is 22.4 Å². The van der Waals surface area contributed by atoms with Crippen LogP contribution in [0.4, 0.5) is 4.39 Å². The lowest BCUT2D eigenvalue weighted by atomic mass is 9.99. The van der Waals surface area contributed by atoms with E-state index in [-0.39, 0.29) is 10.7 Å². The fourth-order valence-corrected chi connectivity index (χ4v) is 3.32. The lowest BCUT2D eigenvalue weighted by Gasteiger charge is -2.10. The van der Waals surface area contributed by atoms with Crippen molar-refractivity contribution >= 4 is 25.8 Å². The van der Waals surface area contributed by atoms with E-state index >= 15 is 0 Å². The van der Waals surface area contributed by atoms with Gasteiger partial charge in [-0.1, -0.05) is 12.1 Å². The van der Waals surface area contributed by atoms with Gasteiger partial charge in [0.15, 0.2) is 9.84 Å². The molecule has 0 radical (unpaired) electrons. The minimum absolute atomic E-state index is 0.264. The number of aromatic nitrogens is 1. The molecule has 0 spiro atoms. The molecule has 122 valence electrons. The van der Waals surface area contributed by atoms with Crippen LogP contribution >= 0.6 is 15.9 Å². The topological polar surface area (TPSA) is 47.0 Å². The van der Waals surface area contributed by atoms with Crippen LogP contribution in [0.2, 0.25) is 0 Å². The summed E-state index contributed by atoms with van der Waals surface area (Å²) in [4.78, 5) is 4.76. The molecule has 0 bridgehead atoms. The molecule has 24 heavy (non-hydrogen) atoms. The van der Waals surface area contributed by atoms with Crippen LogP contribution in [-0.2, 0) is 9.84 Å². The van der Waals surface area contributed by atoms with Gasteiger partial charge in [-0.25, -0.2) is 17.8 Å². The third kappa shape index (κ3) is 3.55. The van der Waals surface area contributed by atoms with Gasteiger partial charge in [0.25, 0.3) is 0 Å². The first-order valence-electron chi connectivity index (χ1n) is 7.07. The molecule has 0 aliphatic carbocycles. The van der Waals surface area contributed by atoms with Gasteiger partial charge < -0.3 is 0 Å². The number of sulfone groups is 1. The molecule has 0 fully saturated rings. The fourth-order valence-electron chi connectivity index (χ4n) is 2.38. The molecule has 0 saturated heterocycles. The van der Waals surface area contributed by atoms with E-state index in [4.69, 9.17) is 0 Å². The fraction of sp³-hybridized carbons (Fsp3) is 0.0556. The molecule has 3 aromatic rings. The normalized spacial score (nSPS) is 11.5. The van der Waals surface area contributed by atoms with Crippen LogP contribution in [0.3, 0.4) is 0 Å². The summed E-state index contributed by atoms with van der Waals surface area (Å²) < 4.78 is 37.0. The zero-order chi connectivity index (χ0) is 17.3. The zero-order valence-electron chi connectivity index (χ0n) is 12.7. The minimum Gasteiger partial charge on any atom is -0.240 e. The summed E-state index contributed by atoms with van der Waals surface area (Å²) in [6.07, 6.45) is 1.17. The SMILES string of the molecule is CS(=O)(=O)c1ccc(-c2ccc(Br)nc2-c2ccc(F)cc2)cc1. The molecule has 1 heterocycles. The van der Waals surface area contributed by atoms with Crippen LogP contribution in [0, 0.1) is 5.82 Å². The summed E-state index contributed by atoms with van der Waals surface area (Å²) in [6, 6.07) is 16.4. The van der Waals surface area contributed by atoms with E-state index in [1.807, 2.05) is 12.1 Å². The van der Waals surface area contributed by atoms with Crippen molar-refractivity contribution < 1.29 is 12.8 Å². The summed E-state index contributed by atoms with van der Waals surface area (Å²) in [5.74, 6) is -0.312. The maximum atomic E-state index is 13.2. The average Bonchev–Trinajstić information content (AvgIpc) is 2.55. The quantitative estimate of drug-likeness (QED) is 0.592. The second kappa shape index (κ2) is 6.45. The molecular weight excluding hydrogens is 393 g/mol. The van der Waals surface area contributed by atoms with Crippen molar-refractivity contribution in [3.63, 3.8) is 0 Å². The van der Waals surface area contributed by atoms with Crippen LogP contribution < -0.4 is 0 Å². The summed E-state index contributed by atoms with van der Waals surface area (Å²) in [5, 5.41) is 0. The van der Waals surface area contributed by atoms with Gasteiger partial charge in [-0.05, 0) is 70.0 Å². The van der Waals surface area contributed by atoms with Gasteiger partial charge in [0.05, 0.1) is 10.6 Å². The predicted octanol–water partition coefficient (Wildman–Crippen LogP) is 4.72. The van der Waals surface area contributed by atoms with Crippen LogP contribution in [-0.4, -0.2) is 19.7 Å². The number of halogens is 2. The first-order chi connectivity index (χ1) is 11.3. The second-order valence-electron chi connectivity index (χ2n) is 5.33. The average molecular weight is 406 g/mol. The Kier molecular flexibility index (Phi) is 4.51. The van der Waals surface area contributed by atoms with Gasteiger partial charge in [-0.3, -0.25) is 0 Å². The van der Waals surface area contributed by atoms with Crippen molar-refractivity contribution in [3.05, 3.63) is 71.1 Å². The number of pyridine rings is 1. The molecule has 0 aliphatic rings. The van der Waals surface area contributed by atoms with E-state index in [0.29, 0.717) is 10.3 Å². The molecule has 2 aromatic carbocycles. The maximum absolute atomic E-state index is 13.2. The van der Waals surface area contributed by atoms with E-state index in [0.717, 1.165) is 16.7 Å². The summed E-state index contributed by atoms with van der Waals surface area (Å²) in [5.41, 5.74) is 3.14. The van der Waals surface area contributed by atoms with E-state index in [1.54, 1.807) is 36.4 Å². The zero-order valence-corrected chi connectivity index (χ0v) is 15.1. The van der Waals surface area contributed by atoms with E-state index < -0.39 is 9.84 Å². The molecule has 3 rings (SSSR count). The molecule has 1 aromatic heterocycles. The molecular formula is C18H13BrFNO2S. The van der Waals surface area contributed by atoms with Gasteiger partial charge in [-0.2, -0.15) is 0 Å². The Morgan fingerprint density at radius 1 is 0.875 bits per heavy atom. The third-order valence-corrected chi connectivity index (χ3v) is 5.14. The van der Waals surface area contributed by atoms with Gasteiger partial charge in [0.2, 0.25) is 0 Å². The number of hydrogen-bond donors (Lipinski definition) is 0. The highest BCUT2D eigenvalue weighted by Gasteiger charge is 2.12. The van der Waals surface area contributed by atoms with Crippen LogP contribution in [0.15, 0.2) is 70.2 Å². The lowest BCUT2D eigenvalue weighted by Crippen LogP contribution is -1.96. The van der Waals surface area contributed by atoms with Crippen LogP contribution in [0.5, 0.6) is 0 Å². The second-order valence-corrected chi connectivity index (χ2v) is 8.16. The monoisotopic (exact) mass is 405 g/mol. The van der Waals surface area contributed by atoms with Crippen LogP contribution in [0.25, 0.3) is 22.4 Å². The molecule has 0 N–H and O–H groups in total. The summed E-state index contributed by atoms with van der Waals surface area (Å²) >= 11 is 3.35. The Bertz CT molecular complexity index is 985.